The van der Waals surface area contributed by atoms with Gasteiger partial charge in [0.1, 0.15) is 12.0 Å². The lowest BCUT2D eigenvalue weighted by Crippen LogP contribution is -2.19. The molecule has 1 aromatic carbocycles. The fourth-order valence-corrected chi connectivity index (χ4v) is 1.95. The highest BCUT2D eigenvalue weighted by Gasteiger charge is 2.11. The van der Waals surface area contributed by atoms with Crippen LogP contribution in [0.2, 0.25) is 0 Å². The molecular weight excluding hydrogens is 266 g/mol. The van der Waals surface area contributed by atoms with Crippen LogP contribution in [-0.4, -0.2) is 25.7 Å². The van der Waals surface area contributed by atoms with Crippen LogP contribution in [0, 0.1) is 5.92 Å². The highest BCUT2D eigenvalue weighted by Crippen LogP contribution is 2.26. The molecule has 1 aromatic heterocycles. The number of methoxy groups -OCH3 is 1. The molecule has 0 aliphatic carbocycles. The van der Waals surface area contributed by atoms with Gasteiger partial charge in [0.25, 0.3) is 0 Å². The summed E-state index contributed by atoms with van der Waals surface area (Å²) in [6, 6.07) is 8.36. The van der Waals surface area contributed by atoms with Gasteiger partial charge in [0.05, 0.1) is 12.8 Å². The maximum Gasteiger partial charge on any atom is 0.301 e. The average Bonchev–Trinajstić information content (AvgIpc) is 2.95. The molecular formula is C16H23N3O2. The lowest BCUT2D eigenvalue weighted by atomic mass is 10.2. The Kier molecular flexibility index (Phi) is 5.22. The van der Waals surface area contributed by atoms with Crippen molar-refractivity contribution in [2.75, 3.05) is 25.6 Å². The molecule has 0 amide bonds. The van der Waals surface area contributed by atoms with Gasteiger partial charge < -0.3 is 14.5 Å². The molecule has 1 heterocycles. The number of rotatable bonds is 7. The Morgan fingerprint density at radius 1 is 1.38 bits per heavy atom. The van der Waals surface area contributed by atoms with Crippen LogP contribution in [0.4, 0.5) is 11.7 Å². The Morgan fingerprint density at radius 2 is 2.19 bits per heavy atom. The van der Waals surface area contributed by atoms with Crippen LogP contribution in [0.25, 0.3) is 0 Å². The van der Waals surface area contributed by atoms with Crippen LogP contribution in [0.3, 0.4) is 0 Å². The number of benzene rings is 1. The van der Waals surface area contributed by atoms with Gasteiger partial charge in [-0.3, -0.25) is 4.90 Å². The molecule has 1 N–H and O–H groups in total. The first-order chi connectivity index (χ1) is 10.1. The van der Waals surface area contributed by atoms with Crippen LogP contribution < -0.4 is 15.0 Å². The van der Waals surface area contributed by atoms with Crippen molar-refractivity contribution in [2.45, 2.75) is 20.4 Å². The normalized spacial score (nSPS) is 10.9. The second-order valence-corrected chi connectivity index (χ2v) is 5.41. The first-order valence-electron chi connectivity index (χ1n) is 7.13. The van der Waals surface area contributed by atoms with Gasteiger partial charge in [-0.05, 0) is 24.6 Å². The number of oxazole rings is 1. The molecule has 0 saturated heterocycles. The van der Waals surface area contributed by atoms with Gasteiger partial charge in [0, 0.05) is 25.3 Å². The molecule has 114 valence electrons. The van der Waals surface area contributed by atoms with Crippen LogP contribution in [0.5, 0.6) is 5.75 Å². The topological polar surface area (TPSA) is 50.5 Å². The van der Waals surface area contributed by atoms with E-state index in [2.05, 4.69) is 24.1 Å². The molecule has 5 nitrogen and oxygen atoms in total. The van der Waals surface area contributed by atoms with E-state index in [1.807, 2.05) is 36.2 Å². The number of hydrogen-bond donors (Lipinski definition) is 1. The van der Waals surface area contributed by atoms with E-state index in [0.717, 1.165) is 23.7 Å². The van der Waals surface area contributed by atoms with Gasteiger partial charge in [0.15, 0.2) is 0 Å². The quantitative estimate of drug-likeness (QED) is 0.848. The minimum Gasteiger partial charge on any atom is -0.497 e. The molecule has 21 heavy (non-hydrogen) atoms. The fraction of sp³-hybridized carbons (Fsp3) is 0.438. The number of ether oxygens (including phenoxy) is 1. The molecule has 0 radical (unpaired) electrons. The molecule has 0 fully saturated rings. The van der Waals surface area contributed by atoms with E-state index in [-0.39, 0.29) is 0 Å². The summed E-state index contributed by atoms with van der Waals surface area (Å²) in [5.41, 5.74) is 1.87. The van der Waals surface area contributed by atoms with Gasteiger partial charge >= 0.3 is 6.01 Å². The summed E-state index contributed by atoms with van der Waals surface area (Å²) >= 11 is 0. The van der Waals surface area contributed by atoms with Crippen molar-refractivity contribution in [3.8, 4) is 5.75 Å². The lowest BCUT2D eigenvalue weighted by Gasteiger charge is -2.15. The summed E-state index contributed by atoms with van der Waals surface area (Å²) in [6.45, 7) is 6.04. The number of aromatic nitrogens is 1. The largest absolute Gasteiger partial charge is 0.497 e. The summed E-state index contributed by atoms with van der Waals surface area (Å²) in [5, 5.41) is 3.35. The summed E-state index contributed by atoms with van der Waals surface area (Å²) in [7, 11) is 3.58. The maximum atomic E-state index is 5.55. The Balaban J connectivity index is 2.02. The average molecular weight is 289 g/mol. The minimum atomic E-state index is 0.574. The van der Waals surface area contributed by atoms with E-state index in [0.29, 0.717) is 18.5 Å². The van der Waals surface area contributed by atoms with E-state index in [9.17, 15) is 0 Å². The highest BCUT2D eigenvalue weighted by molar-refractivity contribution is 5.57. The van der Waals surface area contributed by atoms with Crippen molar-refractivity contribution in [3.05, 3.63) is 36.2 Å². The molecule has 2 aromatic rings. The standard InChI is InChI=1S/C16H23N3O2/c1-12(2)9-17-10-13-11-21-16(18-13)19(3)14-6-5-7-15(8-14)20-4/h5-8,11-12,17H,9-10H2,1-4H3. The molecule has 0 aliphatic heterocycles. The first kappa shape index (κ1) is 15.4. The predicted molar refractivity (Wildman–Crippen MR) is 84.1 cm³/mol. The van der Waals surface area contributed by atoms with Crippen molar-refractivity contribution in [3.63, 3.8) is 0 Å². The van der Waals surface area contributed by atoms with Crippen LogP contribution >= 0.6 is 0 Å². The van der Waals surface area contributed by atoms with Crippen LogP contribution in [0.15, 0.2) is 34.9 Å². The SMILES string of the molecule is COc1cccc(N(C)c2nc(CNCC(C)C)co2)c1. The lowest BCUT2D eigenvalue weighted by molar-refractivity contribution is 0.415. The number of hydrogen-bond acceptors (Lipinski definition) is 5. The predicted octanol–water partition coefficient (Wildman–Crippen LogP) is 3.20. The number of anilines is 2. The zero-order valence-electron chi connectivity index (χ0n) is 13.1. The zero-order chi connectivity index (χ0) is 15.2. The number of nitrogens with one attached hydrogen (secondary N) is 1. The van der Waals surface area contributed by atoms with E-state index in [4.69, 9.17) is 9.15 Å². The molecule has 5 heteroatoms. The van der Waals surface area contributed by atoms with Gasteiger partial charge in [-0.15, -0.1) is 0 Å². The Hall–Kier alpha value is -2.01. The summed E-state index contributed by atoms with van der Waals surface area (Å²) < 4.78 is 10.8. The second-order valence-electron chi connectivity index (χ2n) is 5.41. The molecule has 0 spiro atoms. The first-order valence-corrected chi connectivity index (χ1v) is 7.13. The van der Waals surface area contributed by atoms with E-state index in [1.165, 1.54) is 0 Å². The van der Waals surface area contributed by atoms with Crippen LogP contribution in [0.1, 0.15) is 19.5 Å². The third-order valence-corrected chi connectivity index (χ3v) is 3.13. The zero-order valence-corrected chi connectivity index (χ0v) is 13.1. The smallest absolute Gasteiger partial charge is 0.301 e. The third-order valence-electron chi connectivity index (χ3n) is 3.13. The van der Waals surface area contributed by atoms with Crippen molar-refractivity contribution < 1.29 is 9.15 Å². The molecule has 0 aliphatic rings. The molecule has 2 rings (SSSR count). The van der Waals surface area contributed by atoms with Crippen molar-refractivity contribution >= 4 is 11.7 Å². The summed E-state index contributed by atoms with van der Waals surface area (Å²) in [5.74, 6) is 1.43. The highest BCUT2D eigenvalue weighted by atomic mass is 16.5. The van der Waals surface area contributed by atoms with Gasteiger partial charge in [-0.2, -0.15) is 4.98 Å². The Morgan fingerprint density at radius 3 is 2.90 bits per heavy atom. The van der Waals surface area contributed by atoms with E-state index < -0.39 is 0 Å². The van der Waals surface area contributed by atoms with Crippen molar-refractivity contribution in [1.82, 2.24) is 10.3 Å². The second kappa shape index (κ2) is 7.13. The van der Waals surface area contributed by atoms with Crippen LogP contribution in [-0.2, 0) is 6.54 Å². The van der Waals surface area contributed by atoms with E-state index in [1.54, 1.807) is 13.4 Å². The molecule has 0 unspecified atom stereocenters. The maximum absolute atomic E-state index is 5.55. The molecule has 0 atom stereocenters. The summed E-state index contributed by atoms with van der Waals surface area (Å²) in [6.07, 6.45) is 1.69. The van der Waals surface area contributed by atoms with Crippen molar-refractivity contribution in [2.24, 2.45) is 5.92 Å². The number of nitrogens with zero attached hydrogens (tertiary/aromatic N) is 2. The molecule has 0 saturated carbocycles. The van der Waals surface area contributed by atoms with Gasteiger partial charge in [0.2, 0.25) is 0 Å². The Bertz CT molecular complexity index is 566. The van der Waals surface area contributed by atoms with E-state index >= 15 is 0 Å². The van der Waals surface area contributed by atoms with Gasteiger partial charge in [-0.1, -0.05) is 19.9 Å². The minimum absolute atomic E-state index is 0.574. The fourth-order valence-electron chi connectivity index (χ4n) is 1.95. The Labute approximate surface area is 125 Å². The summed E-state index contributed by atoms with van der Waals surface area (Å²) in [4.78, 5) is 6.39. The van der Waals surface area contributed by atoms with Crippen molar-refractivity contribution in [1.29, 1.82) is 0 Å². The third kappa shape index (κ3) is 4.23. The van der Waals surface area contributed by atoms with Gasteiger partial charge in [-0.25, -0.2) is 0 Å². The molecule has 0 bridgehead atoms. The monoisotopic (exact) mass is 289 g/mol.